The number of hydrogen-bond acceptors (Lipinski definition) is 3. The number of benzene rings is 2. The quantitative estimate of drug-likeness (QED) is 0.425. The van der Waals surface area contributed by atoms with E-state index >= 15 is 0 Å². The number of carbonyl (C=O) groups excluding carboxylic acids is 1. The normalized spacial score (nSPS) is 11.9. The second kappa shape index (κ2) is 9.08. The van der Waals surface area contributed by atoms with Crippen molar-refractivity contribution in [3.05, 3.63) is 70.8 Å². The largest absolute Gasteiger partial charge is 0.375 e. The summed E-state index contributed by atoms with van der Waals surface area (Å²) in [6.07, 6.45) is 0.686. The molecule has 4 heteroatoms. The van der Waals surface area contributed by atoms with Gasteiger partial charge in [-0.3, -0.25) is 10.1 Å². The van der Waals surface area contributed by atoms with Crippen molar-refractivity contribution in [2.75, 3.05) is 13.3 Å². The number of carbonyl (C=O) groups is 1. The van der Waals surface area contributed by atoms with Gasteiger partial charge in [0.05, 0.1) is 25.9 Å². The summed E-state index contributed by atoms with van der Waals surface area (Å²) in [7, 11) is 0. The molecular weight excluding hydrogens is 288 g/mol. The van der Waals surface area contributed by atoms with Gasteiger partial charge in [-0.15, -0.1) is 0 Å². The Kier molecular flexibility index (Phi) is 6.78. The number of ether oxygens (including phenoxy) is 1. The van der Waals surface area contributed by atoms with Crippen molar-refractivity contribution in [2.45, 2.75) is 26.5 Å². The van der Waals surface area contributed by atoms with Gasteiger partial charge in [0, 0.05) is 0 Å². The van der Waals surface area contributed by atoms with Crippen molar-refractivity contribution in [3.8, 4) is 0 Å². The Balaban J connectivity index is 1.93. The molecule has 0 aliphatic rings. The maximum Gasteiger partial charge on any atom is 0.208 e. The van der Waals surface area contributed by atoms with Crippen LogP contribution in [-0.2, 0) is 16.1 Å². The van der Waals surface area contributed by atoms with Crippen LogP contribution in [-0.4, -0.2) is 19.7 Å². The van der Waals surface area contributed by atoms with Gasteiger partial charge in [0.2, 0.25) is 6.41 Å². The Morgan fingerprint density at radius 1 is 1.09 bits per heavy atom. The summed E-state index contributed by atoms with van der Waals surface area (Å²) in [5.74, 6) is 0. The summed E-state index contributed by atoms with van der Waals surface area (Å²) in [5.41, 5.74) is 4.81. The Hall–Kier alpha value is -2.17. The van der Waals surface area contributed by atoms with Crippen LogP contribution in [0.5, 0.6) is 0 Å². The molecule has 0 radical (unpaired) electrons. The molecule has 0 fully saturated rings. The number of nitrogens with one attached hydrogen (secondary N) is 2. The van der Waals surface area contributed by atoms with Crippen LogP contribution in [0, 0.1) is 13.8 Å². The summed E-state index contributed by atoms with van der Waals surface area (Å²) < 4.78 is 5.90. The molecule has 2 aromatic carbocycles. The van der Waals surface area contributed by atoms with Crippen molar-refractivity contribution < 1.29 is 9.53 Å². The van der Waals surface area contributed by atoms with E-state index in [4.69, 9.17) is 4.74 Å². The van der Waals surface area contributed by atoms with Crippen molar-refractivity contribution >= 4 is 6.41 Å². The average molecular weight is 312 g/mol. The fourth-order valence-corrected chi connectivity index (χ4v) is 2.63. The number of amides is 1. The molecule has 4 nitrogen and oxygen atoms in total. The highest BCUT2D eigenvalue weighted by atomic mass is 16.5. The molecule has 23 heavy (non-hydrogen) atoms. The molecule has 0 aromatic heterocycles. The first-order chi connectivity index (χ1) is 11.2. The van der Waals surface area contributed by atoms with Gasteiger partial charge in [-0.05, 0) is 25.0 Å². The van der Waals surface area contributed by atoms with Gasteiger partial charge in [0.25, 0.3) is 0 Å². The molecule has 0 saturated carbocycles. The van der Waals surface area contributed by atoms with E-state index in [2.05, 4.69) is 54.8 Å². The highest BCUT2D eigenvalue weighted by Gasteiger charge is 2.10. The Bertz CT molecular complexity index is 594. The Labute approximate surface area is 137 Å². The van der Waals surface area contributed by atoms with E-state index in [1.807, 2.05) is 18.2 Å². The van der Waals surface area contributed by atoms with Gasteiger partial charge in [-0.1, -0.05) is 59.7 Å². The van der Waals surface area contributed by atoms with Crippen LogP contribution < -0.4 is 10.6 Å². The van der Waals surface area contributed by atoms with E-state index in [0.717, 1.165) is 5.56 Å². The van der Waals surface area contributed by atoms with Crippen LogP contribution in [0.1, 0.15) is 28.3 Å². The van der Waals surface area contributed by atoms with Crippen molar-refractivity contribution in [3.63, 3.8) is 0 Å². The van der Waals surface area contributed by atoms with Crippen molar-refractivity contribution in [2.24, 2.45) is 0 Å². The predicted octanol–water partition coefficient (Wildman–Crippen LogP) is 2.85. The van der Waals surface area contributed by atoms with E-state index in [9.17, 15) is 4.79 Å². The maximum absolute atomic E-state index is 10.4. The molecule has 0 bridgehead atoms. The summed E-state index contributed by atoms with van der Waals surface area (Å²) in [4.78, 5) is 10.4. The first-order valence-electron chi connectivity index (χ1n) is 7.79. The molecule has 2 aromatic rings. The molecule has 0 spiro atoms. The third kappa shape index (κ3) is 5.85. The minimum atomic E-state index is 0.0366. The topological polar surface area (TPSA) is 50.4 Å². The van der Waals surface area contributed by atoms with Crippen LogP contribution in [0.2, 0.25) is 0 Å². The fourth-order valence-electron chi connectivity index (χ4n) is 2.63. The monoisotopic (exact) mass is 312 g/mol. The van der Waals surface area contributed by atoms with Gasteiger partial charge in [0.1, 0.15) is 0 Å². The molecule has 1 unspecified atom stereocenters. The minimum Gasteiger partial charge on any atom is -0.375 e. The molecule has 0 aliphatic heterocycles. The molecule has 1 atom stereocenters. The maximum atomic E-state index is 10.4. The van der Waals surface area contributed by atoms with Crippen LogP contribution >= 0.6 is 0 Å². The van der Waals surface area contributed by atoms with E-state index < -0.39 is 0 Å². The third-order valence-corrected chi connectivity index (χ3v) is 3.57. The fraction of sp³-hybridized carbons (Fsp3) is 0.316. The third-order valence-electron chi connectivity index (χ3n) is 3.57. The van der Waals surface area contributed by atoms with Crippen LogP contribution in [0.4, 0.5) is 0 Å². The van der Waals surface area contributed by atoms with Gasteiger partial charge >= 0.3 is 0 Å². The number of aryl methyl sites for hydroxylation is 2. The number of hydrogen-bond donors (Lipinski definition) is 2. The highest BCUT2D eigenvalue weighted by molar-refractivity contribution is 5.45. The minimum absolute atomic E-state index is 0.0366. The SMILES string of the molecule is Cc1cc(C)cc(COCC(NCNC=O)c2ccccc2)c1. The second-order valence-electron chi connectivity index (χ2n) is 5.68. The molecule has 0 aliphatic carbocycles. The summed E-state index contributed by atoms with van der Waals surface area (Å²) >= 11 is 0. The zero-order valence-corrected chi connectivity index (χ0v) is 13.7. The standard InChI is InChI=1S/C19H24N2O2/c1-15-8-16(2)10-17(9-15)11-23-12-19(21-13-20-14-22)18-6-4-3-5-7-18/h3-10,14,19,21H,11-13H2,1-2H3,(H,20,22). The van der Waals surface area contributed by atoms with Crippen LogP contribution in [0.25, 0.3) is 0 Å². The lowest BCUT2D eigenvalue weighted by Crippen LogP contribution is -2.33. The lowest BCUT2D eigenvalue weighted by atomic mass is 10.1. The van der Waals surface area contributed by atoms with E-state index in [1.54, 1.807) is 0 Å². The van der Waals surface area contributed by atoms with Gasteiger partial charge < -0.3 is 10.1 Å². The van der Waals surface area contributed by atoms with E-state index in [1.165, 1.54) is 16.7 Å². The second-order valence-corrected chi connectivity index (χ2v) is 5.68. The van der Waals surface area contributed by atoms with Crippen molar-refractivity contribution in [1.82, 2.24) is 10.6 Å². The van der Waals surface area contributed by atoms with Crippen LogP contribution in [0.3, 0.4) is 0 Å². The molecule has 0 saturated heterocycles. The molecular formula is C19H24N2O2. The molecule has 122 valence electrons. The summed E-state index contributed by atoms with van der Waals surface area (Å²) in [5, 5.41) is 5.90. The molecule has 1 amide bonds. The van der Waals surface area contributed by atoms with Gasteiger partial charge in [-0.25, -0.2) is 0 Å². The van der Waals surface area contributed by atoms with E-state index in [0.29, 0.717) is 26.3 Å². The summed E-state index contributed by atoms with van der Waals surface area (Å²) in [6.45, 7) is 5.72. The first kappa shape index (κ1) is 17.2. The van der Waals surface area contributed by atoms with Gasteiger partial charge in [0.15, 0.2) is 0 Å². The Morgan fingerprint density at radius 3 is 2.43 bits per heavy atom. The molecule has 0 heterocycles. The average Bonchev–Trinajstić information content (AvgIpc) is 2.53. The van der Waals surface area contributed by atoms with Crippen LogP contribution in [0.15, 0.2) is 48.5 Å². The first-order valence-corrected chi connectivity index (χ1v) is 7.79. The molecule has 2 N–H and O–H groups in total. The molecule has 2 rings (SSSR count). The highest BCUT2D eigenvalue weighted by Crippen LogP contribution is 2.15. The lowest BCUT2D eigenvalue weighted by Gasteiger charge is -2.19. The zero-order chi connectivity index (χ0) is 16.5. The van der Waals surface area contributed by atoms with Gasteiger partial charge in [-0.2, -0.15) is 0 Å². The zero-order valence-electron chi connectivity index (χ0n) is 13.7. The number of rotatable bonds is 9. The van der Waals surface area contributed by atoms with Crippen molar-refractivity contribution in [1.29, 1.82) is 0 Å². The lowest BCUT2D eigenvalue weighted by molar-refractivity contribution is -0.109. The smallest absolute Gasteiger partial charge is 0.208 e. The van der Waals surface area contributed by atoms with E-state index in [-0.39, 0.29) is 6.04 Å². The Morgan fingerprint density at radius 2 is 1.78 bits per heavy atom. The summed E-state index contributed by atoms with van der Waals surface area (Å²) in [6, 6.07) is 16.6. The predicted molar refractivity (Wildman–Crippen MR) is 92.0 cm³/mol.